The van der Waals surface area contributed by atoms with E-state index in [1.807, 2.05) is 0 Å². The van der Waals surface area contributed by atoms with Crippen molar-refractivity contribution in [3.05, 3.63) is 35.4 Å². The molecule has 0 radical (unpaired) electrons. The molecule has 1 aromatic heterocycles. The molecule has 0 saturated heterocycles. The predicted molar refractivity (Wildman–Crippen MR) is 136 cm³/mol. The Morgan fingerprint density at radius 3 is 2.45 bits per heavy atom. The summed E-state index contributed by atoms with van der Waals surface area (Å²) in [4.78, 5) is 19.2. The molecule has 2 aromatic rings. The smallest absolute Gasteiger partial charge is 0.419 e. The Balaban J connectivity index is 0.00000507. The van der Waals surface area contributed by atoms with E-state index in [1.165, 1.54) is 31.5 Å². The van der Waals surface area contributed by atoms with Crippen molar-refractivity contribution >= 4 is 33.3 Å². The number of carbonyl (C=O) groups is 1. The number of rotatable bonds is 8. The Hall–Kier alpha value is -3.00. The molecule has 2 N–H and O–H groups in total. The molecule has 2 atom stereocenters. The Labute approximate surface area is 220 Å². The number of carbonyl (C=O) groups excluding carboxylic acids is 1. The Kier molecular flexibility index (Phi) is 10.1. The molecule has 1 aliphatic rings. The van der Waals surface area contributed by atoms with Gasteiger partial charge >= 0.3 is 6.18 Å². The molecule has 14 heteroatoms. The fourth-order valence-electron chi connectivity index (χ4n) is 4.49. The van der Waals surface area contributed by atoms with E-state index in [1.54, 1.807) is 0 Å². The molecule has 0 aliphatic heterocycles. The summed E-state index contributed by atoms with van der Waals surface area (Å²) in [6.07, 6.45) is -0.542. The van der Waals surface area contributed by atoms with Gasteiger partial charge in [0.25, 0.3) is 0 Å². The van der Waals surface area contributed by atoms with Crippen LogP contribution in [0.3, 0.4) is 0 Å². The van der Waals surface area contributed by atoms with Gasteiger partial charge in [-0.1, -0.05) is 20.3 Å². The van der Waals surface area contributed by atoms with Crippen molar-refractivity contribution in [1.29, 1.82) is 0 Å². The topological polar surface area (TPSA) is 114 Å². The number of amides is 1. The minimum atomic E-state index is -4.73. The first-order valence-corrected chi connectivity index (χ1v) is 13.3. The number of benzene rings is 1. The molecular formula is C24H33F4N5O4S. The fraction of sp³-hybridized carbons (Fsp3) is 0.542. The first-order chi connectivity index (χ1) is 17.2. The van der Waals surface area contributed by atoms with Gasteiger partial charge in [-0.2, -0.15) is 13.2 Å². The average Bonchev–Trinajstić information content (AvgIpc) is 2.79. The number of hydrogen-bond donors (Lipinski definition) is 2. The third-order valence-corrected chi connectivity index (χ3v) is 7.65. The van der Waals surface area contributed by atoms with Gasteiger partial charge < -0.3 is 15.4 Å². The van der Waals surface area contributed by atoms with E-state index in [2.05, 4.69) is 20.6 Å². The van der Waals surface area contributed by atoms with Gasteiger partial charge in [0.15, 0.2) is 0 Å². The van der Waals surface area contributed by atoms with E-state index >= 15 is 0 Å². The first-order valence-electron chi connectivity index (χ1n) is 11.5. The van der Waals surface area contributed by atoms with E-state index in [9.17, 15) is 30.8 Å². The van der Waals surface area contributed by atoms with Gasteiger partial charge in [0.2, 0.25) is 21.9 Å². The van der Waals surface area contributed by atoms with Gasteiger partial charge in [0.1, 0.15) is 11.6 Å². The molecule has 1 heterocycles. The van der Waals surface area contributed by atoms with Gasteiger partial charge in [0, 0.05) is 38.3 Å². The third-order valence-electron chi connectivity index (χ3n) is 6.33. The van der Waals surface area contributed by atoms with E-state index in [4.69, 9.17) is 4.74 Å². The van der Waals surface area contributed by atoms with E-state index < -0.39 is 39.5 Å². The molecule has 0 spiro atoms. The van der Waals surface area contributed by atoms with Crippen LogP contribution in [0.5, 0.6) is 5.75 Å². The van der Waals surface area contributed by atoms with Crippen molar-refractivity contribution in [3.63, 3.8) is 0 Å². The highest BCUT2D eigenvalue weighted by atomic mass is 32.2. The van der Waals surface area contributed by atoms with Crippen molar-refractivity contribution in [3.8, 4) is 5.75 Å². The number of alkyl halides is 3. The Bertz CT molecular complexity index is 1260. The second-order valence-electron chi connectivity index (χ2n) is 8.99. The molecule has 1 aromatic carbocycles. The lowest BCUT2D eigenvalue weighted by Crippen LogP contribution is -2.44. The highest BCUT2D eigenvalue weighted by molar-refractivity contribution is 7.88. The van der Waals surface area contributed by atoms with Crippen LogP contribution in [0.1, 0.15) is 51.3 Å². The lowest BCUT2D eigenvalue weighted by Gasteiger charge is -2.37. The Morgan fingerprint density at radius 2 is 1.87 bits per heavy atom. The fourth-order valence-corrected chi connectivity index (χ4v) is 5.26. The summed E-state index contributed by atoms with van der Waals surface area (Å²) in [7, 11) is -0.814. The van der Waals surface area contributed by atoms with Crippen molar-refractivity contribution in [1.82, 2.24) is 14.3 Å². The van der Waals surface area contributed by atoms with Crippen LogP contribution in [-0.4, -0.2) is 55.1 Å². The number of methoxy groups -OCH3 is 1. The molecule has 3 rings (SSSR count). The van der Waals surface area contributed by atoms with Crippen LogP contribution in [0.4, 0.5) is 34.9 Å². The van der Waals surface area contributed by atoms with Gasteiger partial charge in [-0.3, -0.25) is 4.79 Å². The van der Waals surface area contributed by atoms with Crippen molar-refractivity contribution < 1.29 is 35.5 Å². The zero-order chi connectivity index (χ0) is 27.5. The van der Waals surface area contributed by atoms with Gasteiger partial charge in [-0.15, -0.1) is 0 Å². The number of halogens is 4. The summed E-state index contributed by atoms with van der Waals surface area (Å²) >= 11 is 0. The molecule has 9 nitrogen and oxygen atoms in total. The minimum Gasteiger partial charge on any atom is -0.494 e. The van der Waals surface area contributed by atoms with Crippen LogP contribution in [0.15, 0.2) is 18.3 Å². The largest absolute Gasteiger partial charge is 0.494 e. The Morgan fingerprint density at radius 1 is 1.21 bits per heavy atom. The summed E-state index contributed by atoms with van der Waals surface area (Å²) < 4.78 is 86.6. The number of anilines is 3. The van der Waals surface area contributed by atoms with Crippen LogP contribution < -0.4 is 15.4 Å². The molecule has 1 fully saturated rings. The SMILES string of the molecule is C.COc1cc(NC(C)=O)c(F)cc1Nc1ncc(C(F)(F)F)c(C[C@@H]2CCCC[C@H]2N(C)S(C)(=O)=O)n1. The summed E-state index contributed by atoms with van der Waals surface area (Å²) in [5.41, 5.74) is -1.42. The molecule has 1 aliphatic carbocycles. The quantitative estimate of drug-likeness (QED) is 0.436. The van der Waals surface area contributed by atoms with Crippen LogP contribution >= 0.6 is 0 Å². The maximum atomic E-state index is 14.5. The van der Waals surface area contributed by atoms with Crippen LogP contribution in [-0.2, 0) is 27.4 Å². The van der Waals surface area contributed by atoms with E-state index in [0.717, 1.165) is 25.2 Å². The summed E-state index contributed by atoms with van der Waals surface area (Å²) in [6.45, 7) is 1.21. The van der Waals surface area contributed by atoms with Gasteiger partial charge in [-0.25, -0.2) is 27.1 Å². The minimum absolute atomic E-state index is 0. The van der Waals surface area contributed by atoms with Crippen LogP contribution in [0.2, 0.25) is 0 Å². The number of ether oxygens (including phenoxy) is 1. The average molecular weight is 564 g/mol. The molecule has 0 bridgehead atoms. The number of sulfonamides is 1. The second kappa shape index (κ2) is 12.2. The lowest BCUT2D eigenvalue weighted by molar-refractivity contribution is -0.138. The standard InChI is InChI=1S/C23H29F4N5O4S.CH4/c1-13(33)29-18-11-21(36-3)19(10-16(18)24)31-22-28-12-15(23(25,26)27)17(30-22)9-14-7-5-6-8-20(14)32(2)37(4,34)35;/h10-12,14,20H,5-9H2,1-4H3,(H,29,33)(H,28,30,31);1H4/t14-,20+;/m0./s1. The highest BCUT2D eigenvalue weighted by Crippen LogP contribution is 2.37. The molecule has 1 saturated carbocycles. The summed E-state index contributed by atoms with van der Waals surface area (Å²) in [5, 5.41) is 5.00. The molecule has 0 unspecified atom stereocenters. The molecule has 1 amide bonds. The normalized spacial score (nSPS) is 18.0. The van der Waals surface area contributed by atoms with Crippen LogP contribution in [0, 0.1) is 11.7 Å². The number of nitrogens with zero attached hydrogens (tertiary/aromatic N) is 3. The van der Waals surface area contributed by atoms with Crippen molar-refractivity contribution in [2.45, 2.75) is 58.7 Å². The lowest BCUT2D eigenvalue weighted by atomic mass is 9.81. The molecule has 212 valence electrons. The predicted octanol–water partition coefficient (Wildman–Crippen LogP) is 4.97. The van der Waals surface area contributed by atoms with E-state index in [-0.39, 0.29) is 48.5 Å². The number of hydrogen-bond acceptors (Lipinski definition) is 7. The summed E-state index contributed by atoms with van der Waals surface area (Å²) in [6, 6.07) is 1.76. The maximum Gasteiger partial charge on any atom is 0.419 e. The first kappa shape index (κ1) is 31.2. The summed E-state index contributed by atoms with van der Waals surface area (Å²) in [5.74, 6) is -1.82. The van der Waals surface area contributed by atoms with Gasteiger partial charge in [-0.05, 0) is 25.2 Å². The van der Waals surface area contributed by atoms with E-state index in [0.29, 0.717) is 19.0 Å². The molecular weight excluding hydrogens is 530 g/mol. The monoisotopic (exact) mass is 563 g/mol. The zero-order valence-electron chi connectivity index (χ0n) is 20.8. The third kappa shape index (κ3) is 7.53. The zero-order valence-corrected chi connectivity index (χ0v) is 21.6. The highest BCUT2D eigenvalue weighted by Gasteiger charge is 2.38. The maximum absolute atomic E-state index is 14.5. The van der Waals surface area contributed by atoms with Crippen molar-refractivity contribution in [2.24, 2.45) is 5.92 Å². The number of nitrogens with one attached hydrogen (secondary N) is 2. The van der Waals surface area contributed by atoms with Gasteiger partial charge in [0.05, 0.1) is 36.0 Å². The van der Waals surface area contributed by atoms with Crippen LogP contribution in [0.25, 0.3) is 0 Å². The van der Waals surface area contributed by atoms with Crippen molar-refractivity contribution in [2.75, 3.05) is 31.0 Å². The second-order valence-corrected chi connectivity index (χ2v) is 11.0. The number of aromatic nitrogens is 2. The molecule has 38 heavy (non-hydrogen) atoms.